The molecular weight excluding hydrogens is 411 g/mol. The number of nitrogens with one attached hydrogen (secondary N) is 3. The van der Waals surface area contributed by atoms with Crippen molar-refractivity contribution < 1.29 is 14.1 Å². The van der Waals surface area contributed by atoms with Gasteiger partial charge in [0.1, 0.15) is 12.1 Å². The van der Waals surface area contributed by atoms with Crippen molar-refractivity contribution in [3.8, 4) is 0 Å². The first-order valence-corrected chi connectivity index (χ1v) is 8.48. The summed E-state index contributed by atoms with van der Waals surface area (Å²) in [6, 6.07) is 7.71. The Morgan fingerprint density at radius 2 is 2.00 bits per heavy atom. The van der Waals surface area contributed by atoms with Crippen LogP contribution in [0, 0.1) is 10.1 Å². The van der Waals surface area contributed by atoms with Crippen LogP contribution in [0.1, 0.15) is 16.1 Å². The normalized spacial score (nSPS) is 10.4. The molecule has 0 unspecified atom stereocenters. The Kier molecular flexibility index (Phi) is 5.92. The zero-order valence-electron chi connectivity index (χ0n) is 14.0. The van der Waals surface area contributed by atoms with Crippen LogP contribution in [0.3, 0.4) is 0 Å². The summed E-state index contributed by atoms with van der Waals surface area (Å²) in [6.07, 6.45) is 2.59. The number of nitro groups is 1. The largest absolute Gasteiger partial charge is 0.467 e. The Hall–Kier alpha value is -3.37. The number of anilines is 2. The third kappa shape index (κ3) is 4.48. The molecule has 1 aromatic carbocycles. The highest BCUT2D eigenvalue weighted by molar-refractivity contribution is 6.36. The lowest BCUT2D eigenvalue weighted by atomic mass is 10.2. The minimum absolute atomic E-state index is 0.0438. The third-order valence-corrected chi connectivity index (χ3v) is 4.03. The predicted molar refractivity (Wildman–Crippen MR) is 102 cm³/mol. The maximum atomic E-state index is 12.3. The van der Waals surface area contributed by atoms with E-state index in [1.165, 1.54) is 24.5 Å². The fraction of sp³-hybridized carbons (Fsp3) is 0.0625. The molecule has 0 spiro atoms. The minimum atomic E-state index is -0.672. The van der Waals surface area contributed by atoms with Crippen LogP contribution >= 0.6 is 23.2 Å². The van der Waals surface area contributed by atoms with E-state index in [1.807, 2.05) is 0 Å². The average Bonchev–Trinajstić information content (AvgIpc) is 3.17. The number of rotatable bonds is 7. The fourth-order valence-corrected chi connectivity index (χ4v) is 2.71. The van der Waals surface area contributed by atoms with Crippen molar-refractivity contribution in [1.29, 1.82) is 0 Å². The van der Waals surface area contributed by atoms with Crippen LogP contribution in [-0.4, -0.2) is 20.8 Å². The number of aromatic nitrogens is 2. The van der Waals surface area contributed by atoms with Crippen molar-refractivity contribution in [2.75, 3.05) is 10.7 Å². The Morgan fingerprint density at radius 1 is 1.21 bits per heavy atom. The molecule has 0 aliphatic heterocycles. The highest BCUT2D eigenvalue weighted by Gasteiger charge is 2.24. The molecule has 1 amide bonds. The lowest BCUT2D eigenvalue weighted by molar-refractivity contribution is -0.383. The molecular formula is C16H12Cl2N6O4. The molecule has 0 radical (unpaired) electrons. The highest BCUT2D eigenvalue weighted by Crippen LogP contribution is 2.29. The summed E-state index contributed by atoms with van der Waals surface area (Å²) in [6.45, 7) is 0.178. The smallest absolute Gasteiger partial charge is 0.354 e. The van der Waals surface area contributed by atoms with Crippen molar-refractivity contribution in [2.45, 2.75) is 6.54 Å². The molecule has 0 aliphatic carbocycles. The van der Waals surface area contributed by atoms with Gasteiger partial charge in [-0.2, -0.15) is 0 Å². The second-order valence-corrected chi connectivity index (χ2v) is 6.16. The molecule has 3 aromatic rings. The minimum Gasteiger partial charge on any atom is -0.467 e. The predicted octanol–water partition coefficient (Wildman–Crippen LogP) is 3.65. The van der Waals surface area contributed by atoms with Crippen molar-refractivity contribution in [2.24, 2.45) is 0 Å². The number of amides is 1. The maximum absolute atomic E-state index is 12.3. The molecule has 28 heavy (non-hydrogen) atoms. The molecule has 2 heterocycles. The van der Waals surface area contributed by atoms with Crippen LogP contribution < -0.4 is 16.2 Å². The van der Waals surface area contributed by atoms with Crippen LogP contribution in [0.4, 0.5) is 17.3 Å². The molecule has 0 fully saturated rings. The van der Waals surface area contributed by atoms with Crippen molar-refractivity contribution in [3.63, 3.8) is 0 Å². The van der Waals surface area contributed by atoms with Gasteiger partial charge in [-0.1, -0.05) is 23.2 Å². The number of hydrazine groups is 1. The fourth-order valence-electron chi connectivity index (χ4n) is 2.21. The Labute approximate surface area is 168 Å². The van der Waals surface area contributed by atoms with Crippen molar-refractivity contribution in [1.82, 2.24) is 15.4 Å². The summed E-state index contributed by atoms with van der Waals surface area (Å²) >= 11 is 11.8. The Morgan fingerprint density at radius 3 is 2.68 bits per heavy atom. The Balaban J connectivity index is 1.76. The van der Waals surface area contributed by atoms with E-state index in [0.717, 1.165) is 6.33 Å². The van der Waals surface area contributed by atoms with Crippen LogP contribution in [-0.2, 0) is 6.54 Å². The quantitative estimate of drug-likeness (QED) is 0.387. The van der Waals surface area contributed by atoms with E-state index in [1.54, 1.807) is 12.1 Å². The first-order valence-electron chi connectivity index (χ1n) is 7.72. The zero-order chi connectivity index (χ0) is 20.1. The van der Waals surface area contributed by atoms with Gasteiger partial charge in [0.2, 0.25) is 11.6 Å². The topological polar surface area (TPSA) is 135 Å². The van der Waals surface area contributed by atoms with Gasteiger partial charge in [0.15, 0.2) is 0 Å². The second kappa shape index (κ2) is 8.55. The second-order valence-electron chi connectivity index (χ2n) is 5.31. The Bertz CT molecular complexity index is 1010. The van der Waals surface area contributed by atoms with Crippen LogP contribution in [0.25, 0.3) is 0 Å². The van der Waals surface area contributed by atoms with E-state index in [4.69, 9.17) is 27.6 Å². The summed E-state index contributed by atoms with van der Waals surface area (Å²) in [5.74, 6) is -0.314. The highest BCUT2D eigenvalue weighted by atomic mass is 35.5. The number of hydrogen-bond acceptors (Lipinski definition) is 8. The summed E-state index contributed by atoms with van der Waals surface area (Å²) in [5, 5.41) is 14.8. The van der Waals surface area contributed by atoms with E-state index in [-0.39, 0.29) is 28.8 Å². The first-order chi connectivity index (χ1) is 13.5. The number of hydrogen-bond donors (Lipinski definition) is 3. The molecule has 0 saturated carbocycles. The zero-order valence-corrected chi connectivity index (χ0v) is 15.5. The van der Waals surface area contributed by atoms with Gasteiger partial charge in [-0.3, -0.25) is 25.8 Å². The van der Waals surface area contributed by atoms with E-state index in [0.29, 0.717) is 10.8 Å². The molecule has 2 aromatic heterocycles. The molecule has 144 valence electrons. The van der Waals surface area contributed by atoms with E-state index < -0.39 is 16.5 Å². The first kappa shape index (κ1) is 19.4. The van der Waals surface area contributed by atoms with Gasteiger partial charge in [-0.15, -0.1) is 0 Å². The third-order valence-electron chi connectivity index (χ3n) is 3.49. The van der Waals surface area contributed by atoms with Gasteiger partial charge >= 0.3 is 5.69 Å². The summed E-state index contributed by atoms with van der Waals surface area (Å²) < 4.78 is 5.16. The van der Waals surface area contributed by atoms with Gasteiger partial charge in [0.25, 0.3) is 5.91 Å². The summed E-state index contributed by atoms with van der Waals surface area (Å²) in [7, 11) is 0. The van der Waals surface area contributed by atoms with Crippen LogP contribution in [0.5, 0.6) is 0 Å². The molecule has 0 bridgehead atoms. The monoisotopic (exact) mass is 422 g/mol. The molecule has 0 aliphatic rings. The van der Waals surface area contributed by atoms with Gasteiger partial charge in [-0.05, 0) is 30.3 Å². The number of benzene rings is 1. The summed E-state index contributed by atoms with van der Waals surface area (Å²) in [4.78, 5) is 30.8. The number of carbonyl (C=O) groups excluding carboxylic acids is 1. The molecule has 0 atom stereocenters. The van der Waals surface area contributed by atoms with Crippen molar-refractivity contribution in [3.05, 3.63) is 74.4 Å². The molecule has 12 heteroatoms. The number of carbonyl (C=O) groups is 1. The average molecular weight is 423 g/mol. The van der Waals surface area contributed by atoms with Crippen LogP contribution in [0.2, 0.25) is 10.0 Å². The van der Waals surface area contributed by atoms with Gasteiger partial charge in [-0.25, -0.2) is 9.97 Å². The molecule has 3 N–H and O–H groups in total. The van der Waals surface area contributed by atoms with Crippen LogP contribution in [0.15, 0.2) is 47.3 Å². The lowest BCUT2D eigenvalue weighted by Crippen LogP contribution is -2.30. The number of furan rings is 1. The molecule has 10 nitrogen and oxygen atoms in total. The molecule has 3 rings (SSSR count). The van der Waals surface area contributed by atoms with E-state index in [9.17, 15) is 14.9 Å². The van der Waals surface area contributed by atoms with Gasteiger partial charge in [0.05, 0.1) is 28.3 Å². The maximum Gasteiger partial charge on any atom is 0.354 e. The molecule has 0 saturated heterocycles. The van der Waals surface area contributed by atoms with Gasteiger partial charge in [0, 0.05) is 5.02 Å². The summed E-state index contributed by atoms with van der Waals surface area (Å²) in [5.41, 5.74) is 4.41. The SMILES string of the molecule is O=C(NNc1ncnc(NCc2ccco2)c1[N+](=O)[O-])c1ccc(Cl)cc1Cl. The standard InChI is InChI=1S/C16H12Cl2N6O4/c17-9-3-4-11(12(18)6-9)16(25)23-22-15-13(24(26)27)14(20-8-21-15)19-7-10-2-1-5-28-10/h1-6,8H,7H2,(H,23,25)(H2,19,20,21,22). The lowest BCUT2D eigenvalue weighted by Gasteiger charge is -2.11. The number of nitrogens with zero attached hydrogens (tertiary/aromatic N) is 3. The van der Waals surface area contributed by atoms with Crippen molar-refractivity contribution >= 4 is 46.4 Å². The van der Waals surface area contributed by atoms with E-state index >= 15 is 0 Å². The van der Waals surface area contributed by atoms with Gasteiger partial charge < -0.3 is 9.73 Å². The number of halogens is 2. The van der Waals surface area contributed by atoms with E-state index in [2.05, 4.69) is 26.1 Å².